The summed E-state index contributed by atoms with van der Waals surface area (Å²) in [5.74, 6) is -0.503. The van der Waals surface area contributed by atoms with Gasteiger partial charge in [-0.25, -0.2) is 0 Å². The minimum atomic E-state index is -4.35. The molecule has 1 fully saturated rings. The minimum Gasteiger partial charge on any atom is -0.465 e. The third kappa shape index (κ3) is 6.53. The number of amides is 1. The zero-order valence-corrected chi connectivity index (χ0v) is 15.2. The van der Waals surface area contributed by atoms with E-state index in [9.17, 15) is 22.8 Å². The van der Waals surface area contributed by atoms with Gasteiger partial charge in [-0.15, -0.1) is 0 Å². The van der Waals surface area contributed by atoms with Crippen LogP contribution < -0.4 is 0 Å². The lowest BCUT2D eigenvalue weighted by Crippen LogP contribution is -2.37. The maximum atomic E-state index is 12.6. The maximum absolute atomic E-state index is 12.6. The Morgan fingerprint density at radius 1 is 1.12 bits per heavy atom. The Bertz CT molecular complexity index is 623. The monoisotopic (exact) mass is 390 g/mol. The molecule has 26 heavy (non-hydrogen) atoms. The SMILES string of the molecule is CCOC(=O)CN1CCCN(C(=O)c2ccc(SC(F)(F)F)cc2)CC1. The summed E-state index contributed by atoms with van der Waals surface area (Å²) in [7, 11) is 0. The van der Waals surface area contributed by atoms with Gasteiger partial charge < -0.3 is 9.64 Å². The van der Waals surface area contributed by atoms with Gasteiger partial charge in [0, 0.05) is 36.6 Å². The van der Waals surface area contributed by atoms with Crippen LogP contribution in [-0.4, -0.2) is 66.5 Å². The number of halogens is 3. The van der Waals surface area contributed by atoms with Crippen LogP contribution in [0, 0.1) is 0 Å². The molecule has 0 spiro atoms. The van der Waals surface area contributed by atoms with Crippen molar-refractivity contribution in [1.29, 1.82) is 0 Å². The van der Waals surface area contributed by atoms with E-state index in [4.69, 9.17) is 4.74 Å². The van der Waals surface area contributed by atoms with Gasteiger partial charge in [0.1, 0.15) is 0 Å². The fourth-order valence-corrected chi connectivity index (χ4v) is 3.24. The summed E-state index contributed by atoms with van der Waals surface area (Å²) in [4.78, 5) is 27.8. The second-order valence-corrected chi connectivity index (χ2v) is 6.94. The molecule has 5 nitrogen and oxygen atoms in total. The molecule has 1 aromatic rings. The molecule has 0 unspecified atom stereocenters. The predicted molar refractivity (Wildman–Crippen MR) is 91.9 cm³/mol. The molecule has 1 heterocycles. The van der Waals surface area contributed by atoms with Gasteiger partial charge in [0.25, 0.3) is 5.91 Å². The molecule has 9 heteroatoms. The lowest BCUT2D eigenvalue weighted by molar-refractivity contribution is -0.144. The molecule has 0 atom stereocenters. The number of benzene rings is 1. The van der Waals surface area contributed by atoms with Crippen LogP contribution in [0.2, 0.25) is 0 Å². The van der Waals surface area contributed by atoms with E-state index < -0.39 is 5.51 Å². The molecule has 1 aliphatic heterocycles. The molecule has 0 saturated carbocycles. The lowest BCUT2D eigenvalue weighted by atomic mass is 10.2. The quantitative estimate of drug-likeness (QED) is 0.572. The Balaban J connectivity index is 1.92. The minimum absolute atomic E-state index is 0.0468. The van der Waals surface area contributed by atoms with E-state index in [0.717, 1.165) is 0 Å². The summed E-state index contributed by atoms with van der Waals surface area (Å²) < 4.78 is 42.0. The van der Waals surface area contributed by atoms with Crippen molar-refractivity contribution in [3.63, 3.8) is 0 Å². The summed E-state index contributed by atoms with van der Waals surface area (Å²) in [5.41, 5.74) is -3.99. The van der Waals surface area contributed by atoms with Crippen molar-refractivity contribution >= 4 is 23.6 Å². The van der Waals surface area contributed by atoms with Crippen LogP contribution in [0.3, 0.4) is 0 Å². The van der Waals surface area contributed by atoms with E-state index >= 15 is 0 Å². The molecule has 0 bridgehead atoms. The summed E-state index contributed by atoms with van der Waals surface area (Å²) in [5, 5.41) is 0. The molecular formula is C17H21F3N2O3S. The van der Waals surface area contributed by atoms with E-state index in [0.29, 0.717) is 44.8 Å². The number of nitrogens with zero attached hydrogens (tertiary/aromatic N) is 2. The second kappa shape index (κ2) is 9.27. The average Bonchev–Trinajstić information content (AvgIpc) is 2.79. The first-order chi connectivity index (χ1) is 12.3. The van der Waals surface area contributed by atoms with E-state index in [1.807, 2.05) is 4.90 Å². The van der Waals surface area contributed by atoms with Crippen molar-refractivity contribution in [2.45, 2.75) is 23.7 Å². The highest BCUT2D eigenvalue weighted by molar-refractivity contribution is 8.00. The number of alkyl halides is 3. The Kier molecular flexibility index (Phi) is 7.33. The highest BCUT2D eigenvalue weighted by Crippen LogP contribution is 2.36. The number of carbonyl (C=O) groups is 2. The van der Waals surface area contributed by atoms with Gasteiger partial charge in [-0.2, -0.15) is 13.2 Å². The van der Waals surface area contributed by atoms with Crippen molar-refractivity contribution in [3.05, 3.63) is 29.8 Å². The van der Waals surface area contributed by atoms with Crippen molar-refractivity contribution in [2.24, 2.45) is 0 Å². The molecule has 0 aromatic heterocycles. The zero-order valence-electron chi connectivity index (χ0n) is 14.4. The van der Waals surface area contributed by atoms with Crippen molar-refractivity contribution < 1.29 is 27.5 Å². The highest BCUT2D eigenvalue weighted by Gasteiger charge is 2.29. The molecule has 2 rings (SSSR count). The molecule has 1 saturated heterocycles. The van der Waals surface area contributed by atoms with Crippen LogP contribution in [0.5, 0.6) is 0 Å². The van der Waals surface area contributed by atoms with E-state index in [1.54, 1.807) is 11.8 Å². The number of hydrogen-bond acceptors (Lipinski definition) is 5. The normalized spacial score (nSPS) is 16.2. The van der Waals surface area contributed by atoms with Crippen LogP contribution in [0.25, 0.3) is 0 Å². The summed E-state index contributed by atoms with van der Waals surface area (Å²) in [6.07, 6.45) is 0.715. The molecule has 1 aliphatic rings. The fraction of sp³-hybridized carbons (Fsp3) is 0.529. The molecule has 1 aromatic carbocycles. The molecule has 0 aliphatic carbocycles. The number of ether oxygens (including phenoxy) is 1. The Hall–Kier alpha value is -1.74. The number of rotatable bonds is 5. The largest absolute Gasteiger partial charge is 0.465 e. The summed E-state index contributed by atoms with van der Waals surface area (Å²) in [6.45, 7) is 4.50. The van der Waals surface area contributed by atoms with Gasteiger partial charge in [-0.1, -0.05) is 0 Å². The molecule has 0 radical (unpaired) electrons. The van der Waals surface area contributed by atoms with Crippen molar-refractivity contribution in [3.8, 4) is 0 Å². The first-order valence-electron chi connectivity index (χ1n) is 8.31. The molecule has 0 N–H and O–H groups in total. The standard InChI is InChI=1S/C17H21F3N2O3S/c1-2-25-15(23)12-21-8-3-9-22(11-10-21)16(24)13-4-6-14(7-5-13)26-17(18,19)20/h4-7H,2-3,8-12H2,1H3. The topological polar surface area (TPSA) is 49.9 Å². The second-order valence-electron chi connectivity index (χ2n) is 5.80. The third-order valence-corrected chi connectivity index (χ3v) is 4.61. The van der Waals surface area contributed by atoms with E-state index in [1.165, 1.54) is 24.3 Å². The fourth-order valence-electron chi connectivity index (χ4n) is 2.70. The number of hydrogen-bond donors (Lipinski definition) is 0. The summed E-state index contributed by atoms with van der Waals surface area (Å²) in [6, 6.07) is 5.43. The first-order valence-corrected chi connectivity index (χ1v) is 9.13. The first kappa shape index (κ1) is 20.6. The van der Waals surface area contributed by atoms with Gasteiger partial charge in [0.15, 0.2) is 0 Å². The Morgan fingerprint density at radius 3 is 2.42 bits per heavy atom. The van der Waals surface area contributed by atoms with Crippen LogP contribution in [0.1, 0.15) is 23.7 Å². The van der Waals surface area contributed by atoms with Crippen molar-refractivity contribution in [1.82, 2.24) is 9.80 Å². The van der Waals surface area contributed by atoms with Gasteiger partial charge in [0.2, 0.25) is 0 Å². The molecule has 144 valence electrons. The third-order valence-electron chi connectivity index (χ3n) is 3.87. The lowest BCUT2D eigenvalue weighted by Gasteiger charge is -2.21. The average molecular weight is 390 g/mol. The van der Waals surface area contributed by atoms with E-state index in [2.05, 4.69) is 0 Å². The van der Waals surface area contributed by atoms with Crippen LogP contribution in [0.4, 0.5) is 13.2 Å². The summed E-state index contributed by atoms with van der Waals surface area (Å²) >= 11 is -0.205. The van der Waals surface area contributed by atoms with Gasteiger partial charge >= 0.3 is 11.5 Å². The van der Waals surface area contributed by atoms with Gasteiger partial charge in [-0.3, -0.25) is 14.5 Å². The van der Waals surface area contributed by atoms with Crippen LogP contribution in [-0.2, 0) is 9.53 Å². The van der Waals surface area contributed by atoms with E-state index in [-0.39, 0.29) is 35.1 Å². The van der Waals surface area contributed by atoms with Gasteiger partial charge in [0.05, 0.1) is 13.2 Å². The smallest absolute Gasteiger partial charge is 0.446 e. The van der Waals surface area contributed by atoms with Crippen molar-refractivity contribution in [2.75, 3.05) is 39.3 Å². The number of thioether (sulfide) groups is 1. The highest BCUT2D eigenvalue weighted by atomic mass is 32.2. The molecule has 1 amide bonds. The molecular weight excluding hydrogens is 369 g/mol. The van der Waals surface area contributed by atoms with Gasteiger partial charge in [-0.05, 0) is 49.4 Å². The zero-order chi connectivity index (χ0) is 19.2. The Morgan fingerprint density at radius 2 is 1.81 bits per heavy atom. The van der Waals surface area contributed by atoms with Crippen LogP contribution >= 0.6 is 11.8 Å². The number of esters is 1. The predicted octanol–water partition coefficient (Wildman–Crippen LogP) is 3.01. The number of carbonyl (C=O) groups excluding carboxylic acids is 2. The van der Waals surface area contributed by atoms with Crippen LogP contribution in [0.15, 0.2) is 29.2 Å². The maximum Gasteiger partial charge on any atom is 0.446 e. The Labute approximate surface area is 154 Å².